The molecular formula is C15H16LiO3P. The normalized spacial score (nSPS) is 10.1. The number of methoxy groups -OCH3 is 2. The number of rotatable bonds is 5. The van der Waals surface area contributed by atoms with Crippen molar-refractivity contribution in [1.82, 2.24) is 0 Å². The number of aldehydes is 1. The van der Waals surface area contributed by atoms with Gasteiger partial charge in [0.2, 0.25) is 0 Å². The summed E-state index contributed by atoms with van der Waals surface area (Å²) in [6.45, 7) is 0. The Morgan fingerprint density at radius 1 is 0.950 bits per heavy atom. The number of hydrogen-bond acceptors (Lipinski definition) is 3. The molecule has 0 amide bonds. The third kappa shape index (κ3) is 3.87. The fourth-order valence-electron chi connectivity index (χ4n) is 1.82. The first-order valence-corrected chi connectivity index (χ1v) is 6.81. The zero-order valence-electron chi connectivity index (χ0n) is 10.8. The molecule has 2 aromatic carbocycles. The standard InChI is InChI=1S/C15H15O3P.Li.H/c1-17-14-8-12(9-15(18-2)13(14)10-16)19-11-6-4-3-5-7-11;;/h3-10,19H,1-2H3;;. The molecule has 20 heavy (non-hydrogen) atoms. The SMILES string of the molecule is COc1cc(Pc2ccccc2)cc(OC)c1C=O.[LiH]. The topological polar surface area (TPSA) is 35.5 Å². The van der Waals surface area contributed by atoms with Crippen molar-refractivity contribution >= 4 is 44.3 Å². The van der Waals surface area contributed by atoms with Gasteiger partial charge in [-0.3, -0.25) is 4.79 Å². The number of ether oxygens (including phenoxy) is 2. The molecule has 0 aliphatic heterocycles. The van der Waals surface area contributed by atoms with Crippen LogP contribution in [0.5, 0.6) is 11.5 Å². The Bertz CT molecular complexity index is 548. The van der Waals surface area contributed by atoms with Gasteiger partial charge in [-0.25, -0.2) is 0 Å². The molecule has 0 aliphatic carbocycles. The van der Waals surface area contributed by atoms with Crippen molar-refractivity contribution in [3.05, 3.63) is 48.0 Å². The zero-order valence-corrected chi connectivity index (χ0v) is 11.8. The van der Waals surface area contributed by atoms with Gasteiger partial charge in [-0.05, 0) is 22.7 Å². The first kappa shape index (κ1) is 16.8. The molecule has 1 unspecified atom stereocenters. The molecule has 0 saturated carbocycles. The molecule has 0 fully saturated rings. The average molecular weight is 282 g/mol. The quantitative estimate of drug-likeness (QED) is 0.473. The van der Waals surface area contributed by atoms with Crippen LogP contribution in [0.15, 0.2) is 42.5 Å². The van der Waals surface area contributed by atoms with Crippen molar-refractivity contribution in [1.29, 1.82) is 0 Å². The van der Waals surface area contributed by atoms with Crippen molar-refractivity contribution in [3.8, 4) is 11.5 Å². The van der Waals surface area contributed by atoms with Crippen LogP contribution < -0.4 is 20.1 Å². The zero-order chi connectivity index (χ0) is 13.7. The predicted molar refractivity (Wildman–Crippen MR) is 86.1 cm³/mol. The van der Waals surface area contributed by atoms with Gasteiger partial charge in [0.05, 0.1) is 19.8 Å². The van der Waals surface area contributed by atoms with E-state index in [4.69, 9.17) is 9.47 Å². The number of carbonyl (C=O) groups is 1. The third-order valence-electron chi connectivity index (χ3n) is 2.72. The van der Waals surface area contributed by atoms with Crippen LogP contribution in [0.1, 0.15) is 10.4 Å². The molecule has 0 N–H and O–H groups in total. The summed E-state index contributed by atoms with van der Waals surface area (Å²) in [7, 11) is 3.60. The molecule has 2 rings (SSSR count). The molecule has 5 heteroatoms. The van der Waals surface area contributed by atoms with Gasteiger partial charge in [0, 0.05) is 0 Å². The van der Waals surface area contributed by atoms with E-state index in [0.717, 1.165) is 11.6 Å². The van der Waals surface area contributed by atoms with Crippen molar-refractivity contribution in [2.45, 2.75) is 0 Å². The maximum atomic E-state index is 11.1. The number of benzene rings is 2. The Morgan fingerprint density at radius 2 is 1.50 bits per heavy atom. The summed E-state index contributed by atoms with van der Waals surface area (Å²) in [6, 6.07) is 13.9. The summed E-state index contributed by atoms with van der Waals surface area (Å²) < 4.78 is 10.5. The molecule has 0 aromatic heterocycles. The van der Waals surface area contributed by atoms with Gasteiger partial charge in [-0.15, -0.1) is 0 Å². The Hall–Kier alpha value is -1.26. The predicted octanol–water partition coefficient (Wildman–Crippen LogP) is 1.50. The molecule has 1 atom stereocenters. The van der Waals surface area contributed by atoms with E-state index in [1.807, 2.05) is 30.3 Å². The molecule has 0 aliphatic rings. The average Bonchev–Trinajstić information content (AvgIpc) is 2.47. The second kappa shape index (κ2) is 8.12. The van der Waals surface area contributed by atoms with E-state index in [1.165, 1.54) is 5.30 Å². The van der Waals surface area contributed by atoms with E-state index in [1.54, 1.807) is 14.2 Å². The van der Waals surface area contributed by atoms with Gasteiger partial charge in [0.25, 0.3) is 0 Å². The van der Waals surface area contributed by atoms with Crippen molar-refractivity contribution in [2.24, 2.45) is 0 Å². The van der Waals surface area contributed by atoms with Gasteiger partial charge >= 0.3 is 18.9 Å². The van der Waals surface area contributed by atoms with E-state index in [9.17, 15) is 4.79 Å². The van der Waals surface area contributed by atoms with Crippen molar-refractivity contribution in [2.75, 3.05) is 14.2 Å². The molecule has 0 heterocycles. The molecule has 0 bridgehead atoms. The third-order valence-corrected chi connectivity index (χ3v) is 3.92. The van der Waals surface area contributed by atoms with Crippen LogP contribution in [0.3, 0.4) is 0 Å². The molecule has 3 nitrogen and oxygen atoms in total. The van der Waals surface area contributed by atoms with E-state index >= 15 is 0 Å². The molecule has 0 saturated heterocycles. The van der Waals surface area contributed by atoms with Crippen LogP contribution >= 0.6 is 8.58 Å². The number of hydrogen-bond donors (Lipinski definition) is 0. The van der Waals surface area contributed by atoms with Crippen LogP contribution in [-0.2, 0) is 0 Å². The summed E-state index contributed by atoms with van der Waals surface area (Å²) in [5.74, 6) is 1.10. The summed E-state index contributed by atoms with van der Waals surface area (Å²) in [5.41, 5.74) is 0.451. The van der Waals surface area contributed by atoms with Gasteiger partial charge in [0.15, 0.2) is 6.29 Å². The van der Waals surface area contributed by atoms with Crippen LogP contribution in [-0.4, -0.2) is 39.4 Å². The molecule has 2 aromatic rings. The van der Waals surface area contributed by atoms with Gasteiger partial charge in [-0.1, -0.05) is 38.9 Å². The van der Waals surface area contributed by atoms with Crippen LogP contribution in [0.25, 0.3) is 0 Å². The first-order valence-electron chi connectivity index (χ1n) is 5.81. The summed E-state index contributed by atoms with van der Waals surface area (Å²) in [4.78, 5) is 11.1. The number of carbonyl (C=O) groups excluding carboxylic acids is 1. The summed E-state index contributed by atoms with van der Waals surface area (Å²) in [6.07, 6.45) is 0.757. The monoisotopic (exact) mass is 282 g/mol. The van der Waals surface area contributed by atoms with Gasteiger partial charge < -0.3 is 9.47 Å². The first-order chi connectivity index (χ1) is 9.28. The minimum atomic E-state index is 0. The van der Waals surface area contributed by atoms with Crippen molar-refractivity contribution in [3.63, 3.8) is 0 Å². The molecule has 0 spiro atoms. The van der Waals surface area contributed by atoms with Gasteiger partial charge in [0.1, 0.15) is 11.5 Å². The Balaban J connectivity index is 0.00000200. The van der Waals surface area contributed by atoms with Crippen LogP contribution in [0.2, 0.25) is 0 Å². The van der Waals surface area contributed by atoms with E-state index in [0.29, 0.717) is 25.6 Å². The van der Waals surface area contributed by atoms with Crippen LogP contribution in [0, 0.1) is 0 Å². The molecule has 100 valence electrons. The van der Waals surface area contributed by atoms with E-state index in [-0.39, 0.29) is 18.9 Å². The van der Waals surface area contributed by atoms with Gasteiger partial charge in [-0.2, -0.15) is 0 Å². The Morgan fingerprint density at radius 3 is 1.95 bits per heavy atom. The van der Waals surface area contributed by atoms with Crippen molar-refractivity contribution < 1.29 is 14.3 Å². The van der Waals surface area contributed by atoms with E-state index < -0.39 is 0 Å². The second-order valence-electron chi connectivity index (χ2n) is 3.90. The second-order valence-corrected chi connectivity index (χ2v) is 5.31. The fourth-order valence-corrected chi connectivity index (χ4v) is 2.91. The fraction of sp³-hybridized carbons (Fsp3) is 0.133. The van der Waals surface area contributed by atoms with E-state index in [2.05, 4.69) is 12.1 Å². The minimum absolute atomic E-state index is 0. The Labute approximate surface area is 132 Å². The Kier molecular flexibility index (Phi) is 6.82. The summed E-state index contributed by atoms with van der Waals surface area (Å²) in [5, 5.41) is 2.30. The molecular weight excluding hydrogens is 266 g/mol. The maximum absolute atomic E-state index is 11.1. The van der Waals surface area contributed by atoms with Crippen LogP contribution in [0.4, 0.5) is 0 Å². The molecule has 0 radical (unpaired) electrons. The summed E-state index contributed by atoms with van der Waals surface area (Å²) >= 11 is 0.